The largest absolute Gasteiger partial charge is 0.352 e. The van der Waals surface area contributed by atoms with Crippen LogP contribution >= 0.6 is 23.4 Å². The highest BCUT2D eigenvalue weighted by Crippen LogP contribution is 2.24. The molecule has 0 saturated carbocycles. The number of nitrogens with one attached hydrogen (secondary N) is 2. The van der Waals surface area contributed by atoms with Crippen LogP contribution < -0.4 is 10.6 Å². The van der Waals surface area contributed by atoms with Gasteiger partial charge in [0.1, 0.15) is 6.33 Å². The Bertz CT molecular complexity index is 1070. The maximum absolute atomic E-state index is 12.4. The molecule has 1 heterocycles. The van der Waals surface area contributed by atoms with E-state index in [1.807, 2.05) is 29.7 Å². The van der Waals surface area contributed by atoms with Crippen LogP contribution in [0.25, 0.3) is 5.69 Å². The minimum atomic E-state index is -0.230. The molecule has 9 heteroatoms. The van der Waals surface area contributed by atoms with Gasteiger partial charge in [-0.05, 0) is 42.7 Å². The van der Waals surface area contributed by atoms with Gasteiger partial charge in [-0.15, -0.1) is 10.2 Å². The lowest BCUT2D eigenvalue weighted by Crippen LogP contribution is -2.24. The fraction of sp³-hybridized carbons (Fsp3) is 0.273. The fourth-order valence-corrected chi connectivity index (χ4v) is 3.96. The van der Waals surface area contributed by atoms with E-state index in [-0.39, 0.29) is 22.6 Å². The Labute approximate surface area is 190 Å². The van der Waals surface area contributed by atoms with E-state index in [9.17, 15) is 9.59 Å². The van der Waals surface area contributed by atoms with Crippen molar-refractivity contribution in [3.8, 4) is 5.69 Å². The van der Waals surface area contributed by atoms with Gasteiger partial charge in [-0.3, -0.25) is 14.2 Å². The summed E-state index contributed by atoms with van der Waals surface area (Å²) in [6.07, 6.45) is 3.37. The quantitative estimate of drug-likeness (QED) is 0.466. The van der Waals surface area contributed by atoms with Gasteiger partial charge in [-0.25, -0.2) is 0 Å². The van der Waals surface area contributed by atoms with E-state index in [4.69, 9.17) is 11.6 Å². The van der Waals surface area contributed by atoms with E-state index in [1.54, 1.807) is 24.5 Å². The van der Waals surface area contributed by atoms with Crippen LogP contribution in [0.2, 0.25) is 5.02 Å². The highest BCUT2D eigenvalue weighted by molar-refractivity contribution is 7.99. The fourth-order valence-electron chi connectivity index (χ4n) is 2.97. The van der Waals surface area contributed by atoms with Gasteiger partial charge in [0, 0.05) is 12.2 Å². The standard InChI is InChI=1S/C22H24ClN5O2S/c1-3-11-24-21(30)17-10-9-16(12-18(17)23)26-20(29)13-31-22-27-25-14-28(22)19-8-6-5-7-15(19)4-2/h5-10,12,14H,3-4,11,13H2,1-2H3,(H,24,30)(H,26,29). The summed E-state index contributed by atoms with van der Waals surface area (Å²) in [4.78, 5) is 24.5. The van der Waals surface area contributed by atoms with E-state index in [0.717, 1.165) is 18.5 Å². The van der Waals surface area contributed by atoms with Crippen LogP contribution in [0.15, 0.2) is 53.9 Å². The molecule has 7 nitrogen and oxygen atoms in total. The van der Waals surface area contributed by atoms with Gasteiger partial charge in [0.15, 0.2) is 5.16 Å². The first-order chi connectivity index (χ1) is 15.0. The van der Waals surface area contributed by atoms with E-state index < -0.39 is 0 Å². The molecule has 31 heavy (non-hydrogen) atoms. The zero-order valence-corrected chi connectivity index (χ0v) is 19.0. The molecule has 0 spiro atoms. The second-order valence-electron chi connectivity index (χ2n) is 6.75. The first kappa shape index (κ1) is 22.8. The number of para-hydroxylation sites is 1. The van der Waals surface area contributed by atoms with Crippen molar-refractivity contribution in [2.45, 2.75) is 31.8 Å². The van der Waals surface area contributed by atoms with Crippen LogP contribution in [0.5, 0.6) is 0 Å². The Kier molecular flexibility index (Phi) is 8.08. The van der Waals surface area contributed by atoms with Crippen LogP contribution in [-0.4, -0.2) is 38.9 Å². The van der Waals surface area contributed by atoms with Crippen LogP contribution in [0.4, 0.5) is 5.69 Å². The number of amides is 2. The summed E-state index contributed by atoms with van der Waals surface area (Å²) in [6, 6.07) is 12.9. The number of rotatable bonds is 9. The smallest absolute Gasteiger partial charge is 0.252 e. The zero-order valence-electron chi connectivity index (χ0n) is 17.4. The third-order valence-corrected chi connectivity index (χ3v) is 5.77. The number of halogens is 1. The van der Waals surface area contributed by atoms with Crippen molar-refractivity contribution < 1.29 is 9.59 Å². The maximum atomic E-state index is 12.4. The minimum absolute atomic E-state index is 0.156. The van der Waals surface area contributed by atoms with Crippen LogP contribution in [-0.2, 0) is 11.2 Å². The molecule has 0 aliphatic rings. The Hall–Kier alpha value is -2.84. The number of hydrogen-bond donors (Lipinski definition) is 2. The number of aromatic nitrogens is 3. The number of benzene rings is 2. The minimum Gasteiger partial charge on any atom is -0.352 e. The number of aryl methyl sites for hydroxylation is 1. The van der Waals surface area contributed by atoms with Crippen LogP contribution in [0.1, 0.15) is 36.2 Å². The molecule has 0 radical (unpaired) electrons. The topological polar surface area (TPSA) is 88.9 Å². The van der Waals surface area contributed by atoms with Gasteiger partial charge in [-0.1, -0.05) is 55.4 Å². The van der Waals surface area contributed by atoms with Gasteiger partial charge in [0.2, 0.25) is 5.91 Å². The summed E-state index contributed by atoms with van der Waals surface area (Å²) < 4.78 is 1.89. The second kappa shape index (κ2) is 11.0. The van der Waals surface area contributed by atoms with Gasteiger partial charge in [-0.2, -0.15) is 0 Å². The number of carbonyl (C=O) groups excluding carboxylic acids is 2. The van der Waals surface area contributed by atoms with Crippen molar-refractivity contribution in [1.82, 2.24) is 20.1 Å². The first-order valence-corrected chi connectivity index (χ1v) is 11.4. The maximum Gasteiger partial charge on any atom is 0.252 e. The summed E-state index contributed by atoms with van der Waals surface area (Å²) in [5.41, 5.74) is 3.08. The average molecular weight is 458 g/mol. The molecule has 1 aromatic heterocycles. The normalized spacial score (nSPS) is 10.7. The third kappa shape index (κ3) is 5.86. The Morgan fingerprint density at radius 1 is 1.16 bits per heavy atom. The average Bonchev–Trinajstić information content (AvgIpc) is 3.24. The Morgan fingerprint density at radius 2 is 1.97 bits per heavy atom. The predicted molar refractivity (Wildman–Crippen MR) is 124 cm³/mol. The molecule has 0 saturated heterocycles. The lowest BCUT2D eigenvalue weighted by molar-refractivity contribution is -0.113. The van der Waals surface area contributed by atoms with E-state index in [0.29, 0.717) is 23.0 Å². The number of nitrogens with zero attached hydrogens (tertiary/aromatic N) is 3. The summed E-state index contributed by atoms with van der Waals surface area (Å²) in [5, 5.41) is 14.7. The van der Waals surface area contributed by atoms with Crippen molar-refractivity contribution in [2.75, 3.05) is 17.6 Å². The van der Waals surface area contributed by atoms with Crippen molar-refractivity contribution in [3.63, 3.8) is 0 Å². The van der Waals surface area contributed by atoms with Crippen molar-refractivity contribution in [2.24, 2.45) is 0 Å². The monoisotopic (exact) mass is 457 g/mol. The highest BCUT2D eigenvalue weighted by Gasteiger charge is 2.14. The molecule has 0 bridgehead atoms. The molecule has 162 valence electrons. The van der Waals surface area contributed by atoms with Crippen molar-refractivity contribution >= 4 is 40.9 Å². The number of hydrogen-bond acceptors (Lipinski definition) is 5. The van der Waals surface area contributed by atoms with Gasteiger partial charge in [0.05, 0.1) is 22.0 Å². The molecular formula is C22H24ClN5O2S. The lowest BCUT2D eigenvalue weighted by atomic mass is 10.1. The molecule has 3 aromatic rings. The molecule has 0 atom stereocenters. The zero-order chi connectivity index (χ0) is 22.2. The summed E-state index contributed by atoms with van der Waals surface area (Å²) in [6.45, 7) is 4.65. The highest BCUT2D eigenvalue weighted by atomic mass is 35.5. The van der Waals surface area contributed by atoms with E-state index in [2.05, 4.69) is 33.8 Å². The molecule has 0 unspecified atom stereocenters. The van der Waals surface area contributed by atoms with Gasteiger partial charge in [0.25, 0.3) is 5.91 Å². The van der Waals surface area contributed by atoms with Crippen molar-refractivity contribution in [3.05, 3.63) is 64.9 Å². The van der Waals surface area contributed by atoms with Crippen molar-refractivity contribution in [1.29, 1.82) is 0 Å². The predicted octanol–water partition coefficient (Wildman–Crippen LogP) is 4.35. The number of carbonyl (C=O) groups is 2. The summed E-state index contributed by atoms with van der Waals surface area (Å²) in [7, 11) is 0. The number of thioether (sulfide) groups is 1. The van der Waals surface area contributed by atoms with E-state index in [1.165, 1.54) is 17.3 Å². The molecular weight excluding hydrogens is 434 g/mol. The summed E-state index contributed by atoms with van der Waals surface area (Å²) in [5.74, 6) is -0.280. The molecule has 3 rings (SSSR count). The van der Waals surface area contributed by atoms with Crippen LogP contribution in [0, 0.1) is 0 Å². The molecule has 2 N–H and O–H groups in total. The third-order valence-electron chi connectivity index (χ3n) is 4.51. The first-order valence-electron chi connectivity index (χ1n) is 10.0. The van der Waals surface area contributed by atoms with Crippen LogP contribution in [0.3, 0.4) is 0 Å². The molecule has 0 aliphatic carbocycles. The molecule has 0 aliphatic heterocycles. The molecule has 0 fully saturated rings. The summed E-state index contributed by atoms with van der Waals surface area (Å²) >= 11 is 7.52. The lowest BCUT2D eigenvalue weighted by Gasteiger charge is -2.11. The SMILES string of the molecule is CCCNC(=O)c1ccc(NC(=O)CSc2nncn2-c2ccccc2CC)cc1Cl. The Balaban J connectivity index is 1.62. The number of anilines is 1. The van der Waals surface area contributed by atoms with Gasteiger partial charge < -0.3 is 10.6 Å². The Morgan fingerprint density at radius 3 is 2.71 bits per heavy atom. The van der Waals surface area contributed by atoms with E-state index >= 15 is 0 Å². The molecule has 2 aromatic carbocycles. The second-order valence-corrected chi connectivity index (χ2v) is 8.10. The van der Waals surface area contributed by atoms with Gasteiger partial charge >= 0.3 is 0 Å². The molecule has 2 amide bonds.